The third-order valence-corrected chi connectivity index (χ3v) is 3.45. The predicted octanol–water partition coefficient (Wildman–Crippen LogP) is 3.72. The van der Waals surface area contributed by atoms with Crippen molar-refractivity contribution < 1.29 is 0 Å². The summed E-state index contributed by atoms with van der Waals surface area (Å²) in [4.78, 5) is 0. The van der Waals surface area contributed by atoms with Crippen LogP contribution in [0.5, 0.6) is 0 Å². The summed E-state index contributed by atoms with van der Waals surface area (Å²) in [6.45, 7) is 7.65. The van der Waals surface area contributed by atoms with Crippen molar-refractivity contribution in [1.82, 2.24) is 14.8 Å². The Morgan fingerprint density at radius 3 is 2.69 bits per heavy atom. The lowest BCUT2D eigenvalue weighted by atomic mass is 9.99. The SMILES string of the molecule is CCCCC(CC)Cn1c(CC)n[nH]c1=S. The summed E-state index contributed by atoms with van der Waals surface area (Å²) in [7, 11) is 0. The van der Waals surface area contributed by atoms with Crippen molar-refractivity contribution in [2.24, 2.45) is 5.92 Å². The topological polar surface area (TPSA) is 33.6 Å². The summed E-state index contributed by atoms with van der Waals surface area (Å²) < 4.78 is 2.94. The van der Waals surface area contributed by atoms with Crippen LogP contribution in [-0.4, -0.2) is 14.8 Å². The lowest BCUT2D eigenvalue weighted by molar-refractivity contribution is 0.383. The van der Waals surface area contributed by atoms with E-state index >= 15 is 0 Å². The number of unbranched alkanes of at least 4 members (excludes halogenated alkanes) is 1. The Hall–Kier alpha value is -0.640. The molecule has 1 aromatic heterocycles. The van der Waals surface area contributed by atoms with Gasteiger partial charge in [-0.1, -0.05) is 40.0 Å². The van der Waals surface area contributed by atoms with Crippen LogP contribution >= 0.6 is 12.2 Å². The van der Waals surface area contributed by atoms with E-state index in [1.807, 2.05) is 0 Å². The molecule has 3 nitrogen and oxygen atoms in total. The van der Waals surface area contributed by atoms with Crippen molar-refractivity contribution in [2.45, 2.75) is 59.4 Å². The molecular formula is C12H23N3S. The summed E-state index contributed by atoms with van der Waals surface area (Å²) in [5.74, 6) is 1.81. The van der Waals surface area contributed by atoms with Gasteiger partial charge >= 0.3 is 0 Å². The van der Waals surface area contributed by atoms with Crippen molar-refractivity contribution in [2.75, 3.05) is 0 Å². The summed E-state index contributed by atoms with van der Waals surface area (Å²) in [5.41, 5.74) is 0. The third-order valence-electron chi connectivity index (χ3n) is 3.14. The van der Waals surface area contributed by atoms with Crippen LogP contribution in [0.3, 0.4) is 0 Å². The van der Waals surface area contributed by atoms with Gasteiger partial charge in [-0.15, -0.1) is 0 Å². The molecule has 0 aliphatic rings. The lowest BCUT2D eigenvalue weighted by Crippen LogP contribution is -2.12. The summed E-state index contributed by atoms with van der Waals surface area (Å²) >= 11 is 5.26. The first-order valence-electron chi connectivity index (χ1n) is 6.36. The van der Waals surface area contributed by atoms with E-state index in [4.69, 9.17) is 12.2 Å². The van der Waals surface area contributed by atoms with Gasteiger partial charge in [0.1, 0.15) is 5.82 Å². The van der Waals surface area contributed by atoms with Gasteiger partial charge < -0.3 is 4.57 Å². The minimum Gasteiger partial charge on any atom is -0.304 e. The van der Waals surface area contributed by atoms with Gasteiger partial charge in [0.15, 0.2) is 4.77 Å². The zero-order valence-corrected chi connectivity index (χ0v) is 11.4. The van der Waals surface area contributed by atoms with Crippen LogP contribution in [-0.2, 0) is 13.0 Å². The number of nitrogens with zero attached hydrogens (tertiary/aromatic N) is 2. The monoisotopic (exact) mass is 241 g/mol. The minimum atomic E-state index is 0.731. The number of rotatable bonds is 7. The van der Waals surface area contributed by atoms with Gasteiger partial charge in [-0.2, -0.15) is 5.10 Å². The maximum absolute atomic E-state index is 5.26. The molecule has 0 amide bonds. The fourth-order valence-corrected chi connectivity index (χ4v) is 2.21. The highest BCUT2D eigenvalue weighted by Crippen LogP contribution is 2.16. The number of aromatic nitrogens is 3. The second kappa shape index (κ2) is 6.84. The van der Waals surface area contributed by atoms with Gasteiger partial charge in [0, 0.05) is 13.0 Å². The molecule has 1 aromatic rings. The van der Waals surface area contributed by atoms with Crippen LogP contribution in [0.15, 0.2) is 0 Å². The zero-order chi connectivity index (χ0) is 12.0. The molecule has 0 radical (unpaired) electrons. The molecule has 0 aliphatic heterocycles. The second-order valence-electron chi connectivity index (χ2n) is 4.33. The Kier molecular flexibility index (Phi) is 5.74. The first-order chi connectivity index (χ1) is 7.72. The Balaban J connectivity index is 2.69. The fraction of sp³-hybridized carbons (Fsp3) is 0.833. The summed E-state index contributed by atoms with van der Waals surface area (Å²) in [5, 5.41) is 7.14. The van der Waals surface area contributed by atoms with Gasteiger partial charge in [-0.25, -0.2) is 0 Å². The molecule has 92 valence electrons. The molecule has 0 spiro atoms. The van der Waals surface area contributed by atoms with Gasteiger partial charge in [0.05, 0.1) is 0 Å². The highest BCUT2D eigenvalue weighted by Gasteiger charge is 2.10. The zero-order valence-electron chi connectivity index (χ0n) is 10.6. The minimum absolute atomic E-state index is 0.731. The van der Waals surface area contributed by atoms with E-state index in [1.165, 1.54) is 25.7 Å². The molecule has 0 bridgehead atoms. The van der Waals surface area contributed by atoms with E-state index in [-0.39, 0.29) is 0 Å². The standard InChI is InChI=1S/C12H23N3S/c1-4-7-8-10(5-2)9-15-11(6-3)13-14-12(15)16/h10H,4-9H2,1-3H3,(H,14,16). The van der Waals surface area contributed by atoms with Crippen LogP contribution in [0.25, 0.3) is 0 Å². The molecule has 1 rings (SSSR count). The largest absolute Gasteiger partial charge is 0.304 e. The van der Waals surface area contributed by atoms with E-state index in [0.717, 1.165) is 29.5 Å². The molecule has 0 aromatic carbocycles. The summed E-state index contributed by atoms with van der Waals surface area (Å²) in [6.07, 6.45) is 6.04. The number of hydrogen-bond acceptors (Lipinski definition) is 2. The highest BCUT2D eigenvalue weighted by molar-refractivity contribution is 7.71. The molecule has 1 heterocycles. The van der Waals surface area contributed by atoms with Gasteiger partial charge in [0.2, 0.25) is 0 Å². The normalized spacial score (nSPS) is 12.9. The molecule has 1 N–H and O–H groups in total. The second-order valence-corrected chi connectivity index (χ2v) is 4.71. The summed E-state index contributed by atoms with van der Waals surface area (Å²) in [6, 6.07) is 0. The number of aromatic amines is 1. The Morgan fingerprint density at radius 2 is 2.12 bits per heavy atom. The molecule has 16 heavy (non-hydrogen) atoms. The maximum Gasteiger partial charge on any atom is 0.195 e. The van der Waals surface area contributed by atoms with Crippen molar-refractivity contribution in [1.29, 1.82) is 0 Å². The molecule has 1 unspecified atom stereocenters. The molecule has 0 saturated heterocycles. The molecule has 1 atom stereocenters. The average Bonchev–Trinajstić information content (AvgIpc) is 2.65. The van der Waals surface area contributed by atoms with Crippen LogP contribution < -0.4 is 0 Å². The number of hydrogen-bond donors (Lipinski definition) is 1. The molecule has 0 saturated carbocycles. The van der Waals surface area contributed by atoms with Crippen LogP contribution in [0.2, 0.25) is 0 Å². The number of aryl methyl sites for hydroxylation is 1. The Morgan fingerprint density at radius 1 is 1.38 bits per heavy atom. The lowest BCUT2D eigenvalue weighted by Gasteiger charge is -2.15. The van der Waals surface area contributed by atoms with E-state index < -0.39 is 0 Å². The molecule has 0 fully saturated rings. The predicted molar refractivity (Wildman–Crippen MR) is 70.1 cm³/mol. The molecule has 4 heteroatoms. The van der Waals surface area contributed by atoms with E-state index in [1.54, 1.807) is 0 Å². The third kappa shape index (κ3) is 3.44. The van der Waals surface area contributed by atoms with E-state index in [9.17, 15) is 0 Å². The van der Waals surface area contributed by atoms with E-state index in [2.05, 4.69) is 35.5 Å². The van der Waals surface area contributed by atoms with Crippen molar-refractivity contribution >= 4 is 12.2 Å². The Labute approximate surface area is 103 Å². The number of nitrogens with one attached hydrogen (secondary N) is 1. The smallest absolute Gasteiger partial charge is 0.195 e. The van der Waals surface area contributed by atoms with Gasteiger partial charge in [-0.3, -0.25) is 5.10 Å². The Bertz CT molecular complexity index is 353. The fourth-order valence-electron chi connectivity index (χ4n) is 1.98. The molecular weight excluding hydrogens is 218 g/mol. The maximum atomic E-state index is 5.26. The van der Waals surface area contributed by atoms with Gasteiger partial charge in [-0.05, 0) is 24.6 Å². The van der Waals surface area contributed by atoms with Crippen molar-refractivity contribution in [3.63, 3.8) is 0 Å². The average molecular weight is 241 g/mol. The first kappa shape index (κ1) is 13.4. The number of H-pyrrole nitrogens is 1. The van der Waals surface area contributed by atoms with Crippen LogP contribution in [0.1, 0.15) is 52.3 Å². The molecule has 0 aliphatic carbocycles. The van der Waals surface area contributed by atoms with Gasteiger partial charge in [0.25, 0.3) is 0 Å². The highest BCUT2D eigenvalue weighted by atomic mass is 32.1. The van der Waals surface area contributed by atoms with Crippen LogP contribution in [0, 0.1) is 10.7 Å². The quantitative estimate of drug-likeness (QED) is 0.738. The first-order valence-corrected chi connectivity index (χ1v) is 6.77. The van der Waals surface area contributed by atoms with Crippen molar-refractivity contribution in [3.8, 4) is 0 Å². The van der Waals surface area contributed by atoms with Crippen LogP contribution in [0.4, 0.5) is 0 Å². The van der Waals surface area contributed by atoms with E-state index in [0.29, 0.717) is 0 Å². The van der Waals surface area contributed by atoms with Crippen molar-refractivity contribution in [3.05, 3.63) is 10.6 Å².